The van der Waals surface area contributed by atoms with E-state index in [0.717, 1.165) is 22.6 Å². The van der Waals surface area contributed by atoms with E-state index in [1.807, 2.05) is 37.3 Å². The summed E-state index contributed by atoms with van der Waals surface area (Å²) in [6.07, 6.45) is 5.16. The Balaban J connectivity index is 1.85. The van der Waals surface area contributed by atoms with Crippen LogP contribution in [0, 0.1) is 0 Å². The average molecular weight is 378 g/mol. The highest BCUT2D eigenvalue weighted by Gasteiger charge is 2.21. The summed E-state index contributed by atoms with van der Waals surface area (Å²) >= 11 is 0. The van der Waals surface area contributed by atoms with Gasteiger partial charge < -0.3 is 14.2 Å². The van der Waals surface area contributed by atoms with Crippen LogP contribution in [0.3, 0.4) is 0 Å². The van der Waals surface area contributed by atoms with Crippen LogP contribution in [0.5, 0.6) is 17.4 Å². The van der Waals surface area contributed by atoms with Gasteiger partial charge >= 0.3 is 0 Å². The van der Waals surface area contributed by atoms with E-state index in [2.05, 4.69) is 35.9 Å². The largest absolute Gasteiger partial charge is 0.496 e. The van der Waals surface area contributed by atoms with Gasteiger partial charge in [0.2, 0.25) is 5.88 Å². The van der Waals surface area contributed by atoms with Crippen molar-refractivity contribution in [2.24, 2.45) is 0 Å². The lowest BCUT2D eigenvalue weighted by Crippen LogP contribution is -2.24. The van der Waals surface area contributed by atoms with Crippen molar-refractivity contribution in [3.63, 3.8) is 0 Å². The fourth-order valence-electron chi connectivity index (χ4n) is 2.97. The number of methoxy groups -OCH3 is 1. The average Bonchev–Trinajstić information content (AvgIpc) is 2.73. The fraction of sp³-hybridized carbons (Fsp3) is 0.304. The van der Waals surface area contributed by atoms with Crippen molar-refractivity contribution in [1.29, 1.82) is 0 Å². The summed E-state index contributed by atoms with van der Waals surface area (Å²) in [6, 6.07) is 13.7. The quantitative estimate of drug-likeness (QED) is 0.535. The van der Waals surface area contributed by atoms with Crippen molar-refractivity contribution < 1.29 is 14.2 Å². The first-order valence-electron chi connectivity index (χ1n) is 9.34. The molecule has 0 atom stereocenters. The summed E-state index contributed by atoms with van der Waals surface area (Å²) in [5.41, 5.74) is 2.80. The van der Waals surface area contributed by atoms with Crippen LogP contribution in [0.1, 0.15) is 26.3 Å². The highest BCUT2D eigenvalue weighted by atomic mass is 16.5. The van der Waals surface area contributed by atoms with Gasteiger partial charge in [0.25, 0.3) is 0 Å². The molecule has 0 aliphatic rings. The number of pyridine rings is 2. The molecule has 5 heteroatoms. The predicted molar refractivity (Wildman–Crippen MR) is 110 cm³/mol. The Morgan fingerprint density at radius 2 is 1.75 bits per heavy atom. The Morgan fingerprint density at radius 1 is 0.964 bits per heavy atom. The molecular formula is C23H26N2O3. The molecule has 0 aliphatic carbocycles. The molecule has 2 aromatic heterocycles. The van der Waals surface area contributed by atoms with Crippen LogP contribution >= 0.6 is 0 Å². The lowest BCUT2D eigenvalue weighted by atomic mass is 9.85. The molecule has 0 saturated carbocycles. The number of benzene rings is 1. The summed E-state index contributed by atoms with van der Waals surface area (Å²) < 4.78 is 17.1. The molecule has 0 spiro atoms. The van der Waals surface area contributed by atoms with Gasteiger partial charge in [0, 0.05) is 41.7 Å². The molecule has 0 N–H and O–H groups in total. The number of aromatic nitrogens is 2. The van der Waals surface area contributed by atoms with Crippen molar-refractivity contribution in [3.05, 3.63) is 66.6 Å². The summed E-state index contributed by atoms with van der Waals surface area (Å²) in [5.74, 6) is 1.95. The Labute approximate surface area is 166 Å². The second-order valence-electron chi connectivity index (χ2n) is 7.08. The molecule has 0 bridgehead atoms. The third kappa shape index (κ3) is 4.49. The lowest BCUT2D eigenvalue weighted by Gasteiger charge is -2.25. The van der Waals surface area contributed by atoms with Crippen LogP contribution in [0.25, 0.3) is 11.1 Å². The Bertz CT molecular complexity index is 908. The molecule has 28 heavy (non-hydrogen) atoms. The van der Waals surface area contributed by atoms with Crippen LogP contribution in [0.2, 0.25) is 0 Å². The number of rotatable bonds is 8. The van der Waals surface area contributed by atoms with Gasteiger partial charge in [-0.15, -0.1) is 0 Å². The zero-order chi connectivity index (χ0) is 20.0. The minimum absolute atomic E-state index is 0.0617. The SMILES string of the molecule is CCOCC(C)(C)c1ccc(Oc2ncccc2-c2cnccc2OC)cc1. The first-order valence-corrected chi connectivity index (χ1v) is 9.34. The third-order valence-electron chi connectivity index (χ3n) is 4.58. The topological polar surface area (TPSA) is 53.5 Å². The van der Waals surface area contributed by atoms with Gasteiger partial charge in [-0.1, -0.05) is 26.0 Å². The predicted octanol–water partition coefficient (Wildman–Crippen LogP) is 5.26. The standard InChI is InChI=1S/C23H26N2O3/c1-5-27-16-23(2,3)17-8-10-18(11-9-17)28-22-19(7-6-13-25-22)20-15-24-14-12-21(20)26-4/h6-15H,5,16H2,1-4H3. The molecule has 3 aromatic rings. The number of nitrogens with zero attached hydrogens (tertiary/aromatic N) is 2. The molecular weight excluding hydrogens is 352 g/mol. The highest BCUT2D eigenvalue weighted by Crippen LogP contribution is 2.36. The third-order valence-corrected chi connectivity index (χ3v) is 4.58. The van der Waals surface area contributed by atoms with E-state index >= 15 is 0 Å². The molecule has 146 valence electrons. The first-order chi connectivity index (χ1) is 13.5. The van der Waals surface area contributed by atoms with Crippen molar-refractivity contribution in [2.45, 2.75) is 26.2 Å². The Kier molecular flexibility index (Phi) is 6.26. The minimum atomic E-state index is -0.0617. The molecule has 0 radical (unpaired) electrons. The van der Waals surface area contributed by atoms with Gasteiger partial charge in [0.1, 0.15) is 11.5 Å². The fourth-order valence-corrected chi connectivity index (χ4v) is 2.97. The van der Waals surface area contributed by atoms with E-state index in [0.29, 0.717) is 19.1 Å². The molecule has 0 fully saturated rings. The van der Waals surface area contributed by atoms with Gasteiger partial charge in [-0.2, -0.15) is 0 Å². The second-order valence-corrected chi connectivity index (χ2v) is 7.08. The van der Waals surface area contributed by atoms with Crippen LogP contribution in [0.15, 0.2) is 61.1 Å². The van der Waals surface area contributed by atoms with Crippen molar-refractivity contribution >= 4 is 0 Å². The van der Waals surface area contributed by atoms with E-state index in [1.165, 1.54) is 5.56 Å². The van der Waals surface area contributed by atoms with E-state index in [4.69, 9.17) is 14.2 Å². The lowest BCUT2D eigenvalue weighted by molar-refractivity contribution is 0.105. The van der Waals surface area contributed by atoms with Gasteiger partial charge in [0.05, 0.1) is 13.7 Å². The maximum Gasteiger partial charge on any atom is 0.227 e. The zero-order valence-corrected chi connectivity index (χ0v) is 16.8. The minimum Gasteiger partial charge on any atom is -0.496 e. The second kappa shape index (κ2) is 8.85. The van der Waals surface area contributed by atoms with E-state index in [1.54, 1.807) is 25.7 Å². The maximum atomic E-state index is 6.09. The molecule has 0 amide bonds. The number of hydrogen-bond donors (Lipinski definition) is 0. The van der Waals surface area contributed by atoms with Crippen molar-refractivity contribution in [2.75, 3.05) is 20.3 Å². The van der Waals surface area contributed by atoms with Gasteiger partial charge in [0.15, 0.2) is 0 Å². The van der Waals surface area contributed by atoms with Crippen molar-refractivity contribution in [3.8, 4) is 28.5 Å². The highest BCUT2D eigenvalue weighted by molar-refractivity contribution is 5.73. The van der Waals surface area contributed by atoms with Crippen LogP contribution in [0.4, 0.5) is 0 Å². The first kappa shape index (κ1) is 19.8. The van der Waals surface area contributed by atoms with Crippen LogP contribution < -0.4 is 9.47 Å². The van der Waals surface area contributed by atoms with Gasteiger partial charge in [-0.25, -0.2) is 4.98 Å². The summed E-state index contributed by atoms with van der Waals surface area (Å²) in [7, 11) is 1.64. The molecule has 3 rings (SSSR count). The molecule has 0 saturated heterocycles. The summed E-state index contributed by atoms with van der Waals surface area (Å²) in [6.45, 7) is 7.74. The molecule has 0 unspecified atom stereocenters. The van der Waals surface area contributed by atoms with E-state index in [-0.39, 0.29) is 5.41 Å². The molecule has 5 nitrogen and oxygen atoms in total. The monoisotopic (exact) mass is 378 g/mol. The Morgan fingerprint density at radius 3 is 2.46 bits per heavy atom. The van der Waals surface area contributed by atoms with Crippen LogP contribution in [-0.2, 0) is 10.2 Å². The normalized spacial score (nSPS) is 11.3. The molecule has 0 aliphatic heterocycles. The summed E-state index contributed by atoms with van der Waals surface area (Å²) in [5, 5.41) is 0. The number of hydrogen-bond acceptors (Lipinski definition) is 5. The van der Waals surface area contributed by atoms with Gasteiger partial charge in [-0.05, 0) is 42.8 Å². The van der Waals surface area contributed by atoms with Crippen molar-refractivity contribution in [1.82, 2.24) is 9.97 Å². The number of ether oxygens (including phenoxy) is 3. The zero-order valence-electron chi connectivity index (χ0n) is 16.8. The van der Waals surface area contributed by atoms with Crippen LogP contribution in [-0.4, -0.2) is 30.3 Å². The Hall–Kier alpha value is -2.92. The molecule has 2 heterocycles. The maximum absolute atomic E-state index is 6.09. The molecule has 1 aromatic carbocycles. The smallest absolute Gasteiger partial charge is 0.227 e. The van der Waals surface area contributed by atoms with E-state index < -0.39 is 0 Å². The van der Waals surface area contributed by atoms with E-state index in [9.17, 15) is 0 Å². The summed E-state index contributed by atoms with van der Waals surface area (Å²) in [4.78, 5) is 8.62. The van der Waals surface area contributed by atoms with Gasteiger partial charge in [-0.3, -0.25) is 4.98 Å².